The van der Waals surface area contributed by atoms with E-state index in [0.29, 0.717) is 18.0 Å². The molecule has 0 aliphatic carbocycles. The zero-order valence-electron chi connectivity index (χ0n) is 11.1. The first-order valence-corrected chi connectivity index (χ1v) is 7.30. The minimum atomic E-state index is -1.05. The van der Waals surface area contributed by atoms with E-state index in [1.54, 1.807) is 0 Å². The van der Waals surface area contributed by atoms with Crippen molar-refractivity contribution in [3.05, 3.63) is 11.6 Å². The Labute approximate surface area is 115 Å². The lowest BCUT2D eigenvalue weighted by molar-refractivity contribution is -0.139. The summed E-state index contributed by atoms with van der Waals surface area (Å²) in [4.78, 5) is 26.9. The Morgan fingerprint density at radius 2 is 2.16 bits per heavy atom. The molecule has 1 aromatic heterocycles. The molecule has 0 saturated carbocycles. The Bertz CT molecular complexity index is 447. The molecule has 3 N–H and O–H groups in total. The summed E-state index contributed by atoms with van der Waals surface area (Å²) in [5.41, 5.74) is 0. The first-order valence-electron chi connectivity index (χ1n) is 5.90. The fraction of sp³-hybridized carbons (Fsp3) is 0.636. The van der Waals surface area contributed by atoms with Gasteiger partial charge in [-0.3, -0.25) is 9.89 Å². The maximum absolute atomic E-state index is 11.8. The topological polar surface area (TPSA) is 108 Å². The Morgan fingerprint density at radius 3 is 2.63 bits per heavy atom. The van der Waals surface area contributed by atoms with Gasteiger partial charge in [-0.25, -0.2) is 9.78 Å². The molecule has 8 heteroatoms. The molecule has 1 amide bonds. The van der Waals surface area contributed by atoms with Crippen LogP contribution in [0.4, 0.5) is 0 Å². The fourth-order valence-corrected chi connectivity index (χ4v) is 1.82. The van der Waals surface area contributed by atoms with Gasteiger partial charge >= 0.3 is 5.97 Å². The summed E-state index contributed by atoms with van der Waals surface area (Å²) < 4.78 is 0. The molecule has 0 saturated heterocycles. The molecule has 1 atom stereocenters. The Morgan fingerprint density at radius 1 is 1.47 bits per heavy atom. The predicted octanol–water partition coefficient (Wildman–Crippen LogP) is 0.864. The highest BCUT2D eigenvalue weighted by Crippen LogP contribution is 2.08. The van der Waals surface area contributed by atoms with E-state index in [-0.39, 0.29) is 11.7 Å². The molecular weight excluding hydrogens is 268 g/mol. The number of H-pyrrole nitrogens is 1. The molecular formula is C11H18N4O3S. The van der Waals surface area contributed by atoms with Crippen LogP contribution in [-0.2, 0) is 4.79 Å². The van der Waals surface area contributed by atoms with E-state index in [2.05, 4.69) is 20.5 Å². The average Bonchev–Trinajstić information content (AvgIpc) is 2.83. The van der Waals surface area contributed by atoms with Crippen LogP contribution in [0.25, 0.3) is 0 Å². The van der Waals surface area contributed by atoms with Crippen LogP contribution in [0.1, 0.15) is 42.6 Å². The minimum Gasteiger partial charge on any atom is -0.480 e. The van der Waals surface area contributed by atoms with Crippen LogP contribution in [0.5, 0.6) is 0 Å². The molecule has 0 fully saturated rings. The van der Waals surface area contributed by atoms with Gasteiger partial charge in [-0.15, -0.1) is 5.10 Å². The summed E-state index contributed by atoms with van der Waals surface area (Å²) in [7, 11) is 0. The monoisotopic (exact) mass is 286 g/mol. The minimum absolute atomic E-state index is 0.0286. The first kappa shape index (κ1) is 15.5. The number of carboxylic acids is 1. The van der Waals surface area contributed by atoms with Gasteiger partial charge in [0, 0.05) is 5.92 Å². The molecule has 0 aliphatic heterocycles. The Hall–Kier alpha value is -1.57. The highest BCUT2D eigenvalue weighted by atomic mass is 32.2. The molecule has 7 nitrogen and oxygen atoms in total. The number of carbonyl (C=O) groups excluding carboxylic acids is 1. The molecule has 0 bridgehead atoms. The number of thioether (sulfide) groups is 1. The van der Waals surface area contributed by atoms with Gasteiger partial charge in [-0.1, -0.05) is 13.8 Å². The smallest absolute Gasteiger partial charge is 0.326 e. The zero-order valence-corrected chi connectivity index (χ0v) is 12.0. The highest BCUT2D eigenvalue weighted by molar-refractivity contribution is 7.98. The fourth-order valence-electron chi connectivity index (χ4n) is 1.35. The second-order valence-corrected chi connectivity index (χ2v) is 5.33. The predicted molar refractivity (Wildman–Crippen MR) is 72.4 cm³/mol. The lowest BCUT2D eigenvalue weighted by Gasteiger charge is -2.12. The van der Waals surface area contributed by atoms with Crippen molar-refractivity contribution in [1.29, 1.82) is 0 Å². The maximum Gasteiger partial charge on any atom is 0.326 e. The summed E-state index contributed by atoms with van der Waals surface area (Å²) in [6.45, 7) is 3.83. The van der Waals surface area contributed by atoms with E-state index in [4.69, 9.17) is 5.11 Å². The summed E-state index contributed by atoms with van der Waals surface area (Å²) in [5, 5.41) is 17.9. The number of aromatic amines is 1. The van der Waals surface area contributed by atoms with Crippen molar-refractivity contribution in [3.63, 3.8) is 0 Å². The standard InChI is InChI=1S/C11H18N4O3S/c1-6(2)8-13-9(15-14-8)10(16)12-7(11(17)18)4-5-19-3/h6-7H,4-5H2,1-3H3,(H,12,16)(H,17,18)(H,13,14,15)/t7-/m1/s1. The van der Waals surface area contributed by atoms with Crippen LogP contribution in [0.2, 0.25) is 0 Å². The number of aromatic nitrogens is 3. The molecule has 1 rings (SSSR count). The van der Waals surface area contributed by atoms with Gasteiger partial charge in [0.2, 0.25) is 5.82 Å². The van der Waals surface area contributed by atoms with Crippen LogP contribution in [-0.4, -0.2) is 50.2 Å². The number of hydrogen-bond acceptors (Lipinski definition) is 5. The van der Waals surface area contributed by atoms with E-state index in [0.717, 1.165) is 0 Å². The lowest BCUT2D eigenvalue weighted by atomic mass is 10.2. The summed E-state index contributed by atoms with van der Waals surface area (Å²) >= 11 is 1.53. The molecule has 0 spiro atoms. The van der Waals surface area contributed by atoms with Crippen molar-refractivity contribution in [2.45, 2.75) is 32.2 Å². The van der Waals surface area contributed by atoms with Crippen molar-refractivity contribution in [1.82, 2.24) is 20.5 Å². The average molecular weight is 286 g/mol. The normalized spacial score (nSPS) is 12.4. The highest BCUT2D eigenvalue weighted by Gasteiger charge is 2.22. The molecule has 1 heterocycles. The largest absolute Gasteiger partial charge is 0.480 e. The van der Waals surface area contributed by atoms with Gasteiger partial charge < -0.3 is 10.4 Å². The molecule has 0 aliphatic rings. The number of hydrogen-bond donors (Lipinski definition) is 3. The van der Waals surface area contributed by atoms with Crippen molar-refractivity contribution in [2.75, 3.05) is 12.0 Å². The van der Waals surface area contributed by atoms with E-state index < -0.39 is 17.9 Å². The van der Waals surface area contributed by atoms with Crippen LogP contribution in [0.15, 0.2) is 0 Å². The third-order valence-corrected chi connectivity index (χ3v) is 3.11. The first-order chi connectivity index (χ1) is 8.95. The van der Waals surface area contributed by atoms with Gasteiger partial charge in [-0.2, -0.15) is 11.8 Å². The van der Waals surface area contributed by atoms with Crippen LogP contribution in [0, 0.1) is 0 Å². The summed E-state index contributed by atoms with van der Waals surface area (Å²) in [6, 6.07) is -0.916. The summed E-state index contributed by atoms with van der Waals surface area (Å²) in [6.07, 6.45) is 2.24. The third kappa shape index (κ3) is 4.55. The lowest BCUT2D eigenvalue weighted by Crippen LogP contribution is -2.41. The van der Waals surface area contributed by atoms with Gasteiger partial charge in [0.1, 0.15) is 11.9 Å². The molecule has 19 heavy (non-hydrogen) atoms. The van der Waals surface area contributed by atoms with E-state index in [1.807, 2.05) is 20.1 Å². The van der Waals surface area contributed by atoms with Crippen molar-refractivity contribution in [3.8, 4) is 0 Å². The van der Waals surface area contributed by atoms with Gasteiger partial charge in [0.25, 0.3) is 5.91 Å². The molecule has 1 aromatic rings. The molecule has 0 radical (unpaired) electrons. The number of nitrogens with one attached hydrogen (secondary N) is 2. The van der Waals surface area contributed by atoms with Crippen molar-refractivity contribution < 1.29 is 14.7 Å². The maximum atomic E-state index is 11.8. The quantitative estimate of drug-likeness (QED) is 0.686. The number of amides is 1. The second kappa shape index (κ2) is 7.13. The van der Waals surface area contributed by atoms with Gasteiger partial charge in [-0.05, 0) is 18.4 Å². The molecule has 106 valence electrons. The number of aliphatic carboxylic acids is 1. The van der Waals surface area contributed by atoms with Crippen molar-refractivity contribution in [2.24, 2.45) is 0 Å². The SMILES string of the molecule is CSCC[C@@H](NC(=O)c1n[nH]c(C(C)C)n1)C(=O)O. The van der Waals surface area contributed by atoms with Gasteiger partial charge in [0.15, 0.2) is 0 Å². The van der Waals surface area contributed by atoms with Gasteiger partial charge in [0.05, 0.1) is 0 Å². The van der Waals surface area contributed by atoms with E-state index in [9.17, 15) is 9.59 Å². The van der Waals surface area contributed by atoms with Crippen LogP contribution in [0.3, 0.4) is 0 Å². The number of carbonyl (C=O) groups is 2. The molecule has 0 unspecified atom stereocenters. The van der Waals surface area contributed by atoms with Crippen molar-refractivity contribution >= 4 is 23.6 Å². The van der Waals surface area contributed by atoms with E-state index in [1.165, 1.54) is 11.8 Å². The Balaban J connectivity index is 2.67. The third-order valence-electron chi connectivity index (χ3n) is 2.47. The number of carboxylic acid groups (broad SMARTS) is 1. The Kier molecular flexibility index (Phi) is 5.81. The van der Waals surface area contributed by atoms with Crippen LogP contribution < -0.4 is 5.32 Å². The summed E-state index contributed by atoms with van der Waals surface area (Å²) in [5.74, 6) is -0.276. The number of rotatable bonds is 7. The van der Waals surface area contributed by atoms with E-state index >= 15 is 0 Å². The second-order valence-electron chi connectivity index (χ2n) is 4.34. The van der Waals surface area contributed by atoms with Crippen LogP contribution >= 0.6 is 11.8 Å². The zero-order chi connectivity index (χ0) is 14.4. The molecule has 0 aromatic carbocycles. The number of nitrogens with zero attached hydrogens (tertiary/aromatic N) is 2.